The fraction of sp³-hybridized carbons (Fsp3) is 0.667. The molecule has 1 aromatic rings. The maximum Gasteiger partial charge on any atom is 0.326 e. The minimum absolute atomic E-state index is 0.0122. The van der Waals surface area contributed by atoms with Gasteiger partial charge in [0.1, 0.15) is 12.1 Å². The van der Waals surface area contributed by atoms with E-state index in [1.807, 2.05) is 0 Å². The molecule has 3 saturated heterocycles. The van der Waals surface area contributed by atoms with Crippen LogP contribution in [0.5, 0.6) is 0 Å². The molecule has 1 aromatic carbocycles. The summed E-state index contributed by atoms with van der Waals surface area (Å²) in [4.78, 5) is 42.1. The van der Waals surface area contributed by atoms with Crippen LogP contribution in [0.15, 0.2) is 23.1 Å². The SMILES string of the molecule is O=C(O)[C@H](CCC(=O)N1CCC(CN2CCCCC2)CC1)NC(=O)[C@@H]1CCCN1S(=O)(=O)c1cc(Cl)cc(Cl)c1. The number of nitrogens with zero attached hydrogens (tertiary/aromatic N) is 3. The van der Waals surface area contributed by atoms with Crippen LogP contribution in [-0.2, 0) is 24.4 Å². The summed E-state index contributed by atoms with van der Waals surface area (Å²) in [6.45, 7) is 4.80. The smallest absolute Gasteiger partial charge is 0.326 e. The molecule has 0 unspecified atom stereocenters. The molecular weight excluding hydrogens is 579 g/mol. The molecule has 2 amide bonds. The molecule has 2 atom stereocenters. The van der Waals surface area contributed by atoms with Gasteiger partial charge in [0.15, 0.2) is 0 Å². The third-order valence-corrected chi connectivity index (χ3v) is 10.5. The van der Waals surface area contributed by atoms with E-state index < -0.39 is 34.0 Å². The number of carboxylic acids is 1. The molecular formula is C27H38Cl2N4O6S. The second-order valence-electron chi connectivity index (χ2n) is 11.0. The topological polar surface area (TPSA) is 127 Å². The van der Waals surface area contributed by atoms with Crippen LogP contribution in [0.25, 0.3) is 0 Å². The molecule has 3 aliphatic rings. The largest absolute Gasteiger partial charge is 0.480 e. The Balaban J connectivity index is 1.29. The van der Waals surface area contributed by atoms with Gasteiger partial charge in [-0.3, -0.25) is 9.59 Å². The molecule has 0 radical (unpaired) electrons. The summed E-state index contributed by atoms with van der Waals surface area (Å²) in [5, 5.41) is 12.5. The average Bonchev–Trinajstić information content (AvgIpc) is 3.42. The summed E-state index contributed by atoms with van der Waals surface area (Å²) >= 11 is 12.0. The van der Waals surface area contributed by atoms with E-state index in [0.29, 0.717) is 25.4 Å². The Labute approximate surface area is 246 Å². The number of carbonyl (C=O) groups is 3. The molecule has 3 heterocycles. The molecule has 0 spiro atoms. The van der Waals surface area contributed by atoms with E-state index in [1.54, 1.807) is 4.90 Å². The zero-order chi connectivity index (χ0) is 28.9. The lowest BCUT2D eigenvalue weighted by molar-refractivity contribution is -0.143. The molecule has 0 aliphatic carbocycles. The van der Waals surface area contributed by atoms with Gasteiger partial charge in [-0.25, -0.2) is 13.2 Å². The van der Waals surface area contributed by atoms with E-state index in [1.165, 1.54) is 37.5 Å². The molecule has 0 bridgehead atoms. The van der Waals surface area contributed by atoms with Crippen LogP contribution >= 0.6 is 23.2 Å². The first-order valence-corrected chi connectivity index (χ1v) is 16.3. The van der Waals surface area contributed by atoms with E-state index in [0.717, 1.165) is 36.8 Å². The van der Waals surface area contributed by atoms with Crippen molar-refractivity contribution >= 4 is 51.0 Å². The Morgan fingerprint density at radius 1 is 0.925 bits per heavy atom. The second kappa shape index (κ2) is 13.8. The summed E-state index contributed by atoms with van der Waals surface area (Å²) < 4.78 is 27.6. The first kappa shape index (κ1) is 31.0. The number of benzene rings is 1. The molecule has 3 aliphatic heterocycles. The van der Waals surface area contributed by atoms with Crippen LogP contribution < -0.4 is 5.32 Å². The Morgan fingerprint density at radius 3 is 2.20 bits per heavy atom. The predicted octanol–water partition coefficient (Wildman–Crippen LogP) is 3.22. The van der Waals surface area contributed by atoms with Gasteiger partial charge in [-0.05, 0) is 82.2 Å². The standard InChI is InChI=1S/C27H38Cl2N4O6S/c28-20-15-21(29)17-22(16-20)40(38,39)33-12-4-5-24(33)26(35)30-23(27(36)37)6-7-25(34)32-13-8-19(9-14-32)18-31-10-2-1-3-11-31/h15-17,19,23-24H,1-14,18H2,(H,30,35)(H,36,37)/t23-,24-/m0/s1. The van der Waals surface area contributed by atoms with Crippen LogP contribution in [-0.4, -0.2) is 96.8 Å². The van der Waals surface area contributed by atoms with Gasteiger partial charge >= 0.3 is 5.97 Å². The number of halogens is 2. The Morgan fingerprint density at radius 2 is 1.57 bits per heavy atom. The minimum atomic E-state index is -4.10. The number of sulfonamides is 1. The number of amides is 2. The molecule has 13 heteroatoms. The molecule has 40 heavy (non-hydrogen) atoms. The second-order valence-corrected chi connectivity index (χ2v) is 13.8. The van der Waals surface area contributed by atoms with E-state index in [9.17, 15) is 27.9 Å². The van der Waals surface area contributed by atoms with Gasteiger partial charge in [0.25, 0.3) is 0 Å². The lowest BCUT2D eigenvalue weighted by atomic mass is 9.95. The summed E-state index contributed by atoms with van der Waals surface area (Å²) in [7, 11) is -4.10. The number of likely N-dealkylation sites (tertiary alicyclic amines) is 2. The Hall–Kier alpha value is -1.92. The highest BCUT2D eigenvalue weighted by Crippen LogP contribution is 2.30. The Kier molecular flexibility index (Phi) is 10.7. The number of carboxylic acid groups (broad SMARTS) is 1. The van der Waals surface area contributed by atoms with Gasteiger partial charge in [0.05, 0.1) is 4.90 Å². The van der Waals surface area contributed by atoms with Gasteiger partial charge in [-0.1, -0.05) is 29.6 Å². The highest BCUT2D eigenvalue weighted by Gasteiger charge is 2.41. The quantitative estimate of drug-likeness (QED) is 0.413. The summed E-state index contributed by atoms with van der Waals surface area (Å²) in [6.07, 6.45) is 6.28. The Bertz CT molecular complexity index is 1170. The maximum atomic E-state index is 13.3. The van der Waals surface area contributed by atoms with Crippen LogP contribution in [0.4, 0.5) is 0 Å². The highest BCUT2D eigenvalue weighted by atomic mass is 35.5. The van der Waals surface area contributed by atoms with Crippen molar-refractivity contribution in [3.05, 3.63) is 28.2 Å². The van der Waals surface area contributed by atoms with Gasteiger partial charge < -0.3 is 20.2 Å². The highest BCUT2D eigenvalue weighted by molar-refractivity contribution is 7.89. The predicted molar refractivity (Wildman–Crippen MR) is 152 cm³/mol. The first-order chi connectivity index (χ1) is 19.0. The van der Waals surface area contributed by atoms with E-state index in [4.69, 9.17) is 23.2 Å². The van der Waals surface area contributed by atoms with Crippen molar-refractivity contribution in [2.24, 2.45) is 5.92 Å². The van der Waals surface area contributed by atoms with E-state index in [2.05, 4.69) is 10.2 Å². The number of rotatable bonds is 10. The molecule has 0 aromatic heterocycles. The number of aliphatic carboxylic acids is 1. The van der Waals surface area contributed by atoms with Crippen LogP contribution in [0.2, 0.25) is 10.0 Å². The van der Waals surface area contributed by atoms with E-state index >= 15 is 0 Å². The van der Waals surface area contributed by atoms with Gasteiger partial charge in [0, 0.05) is 42.6 Å². The van der Waals surface area contributed by atoms with Crippen LogP contribution in [0.1, 0.15) is 57.8 Å². The zero-order valence-electron chi connectivity index (χ0n) is 22.6. The van der Waals surface area contributed by atoms with Crippen LogP contribution in [0, 0.1) is 5.92 Å². The fourth-order valence-corrected chi connectivity index (χ4v) is 8.31. The van der Waals surface area contributed by atoms with Crippen molar-refractivity contribution in [3.63, 3.8) is 0 Å². The molecule has 10 nitrogen and oxygen atoms in total. The summed E-state index contributed by atoms with van der Waals surface area (Å²) in [6, 6.07) is 1.56. The van der Waals surface area contributed by atoms with E-state index in [-0.39, 0.29) is 46.7 Å². The van der Waals surface area contributed by atoms with Crippen molar-refractivity contribution < 1.29 is 27.9 Å². The maximum absolute atomic E-state index is 13.3. The van der Waals surface area contributed by atoms with Crippen molar-refractivity contribution in [2.75, 3.05) is 39.3 Å². The van der Waals surface area contributed by atoms with Crippen molar-refractivity contribution in [2.45, 2.75) is 74.8 Å². The van der Waals surface area contributed by atoms with Gasteiger partial charge in [-0.15, -0.1) is 0 Å². The summed E-state index contributed by atoms with van der Waals surface area (Å²) in [5.74, 6) is -1.52. The molecule has 4 rings (SSSR count). The average molecular weight is 618 g/mol. The van der Waals surface area contributed by atoms with Crippen molar-refractivity contribution in [1.29, 1.82) is 0 Å². The lowest BCUT2D eigenvalue weighted by Crippen LogP contribution is -2.51. The molecule has 0 saturated carbocycles. The number of piperidine rings is 2. The van der Waals surface area contributed by atoms with Crippen molar-refractivity contribution in [3.8, 4) is 0 Å². The zero-order valence-corrected chi connectivity index (χ0v) is 24.9. The molecule has 3 fully saturated rings. The third-order valence-electron chi connectivity index (χ3n) is 8.14. The third kappa shape index (κ3) is 7.88. The first-order valence-electron chi connectivity index (χ1n) is 14.1. The number of hydrogen-bond acceptors (Lipinski definition) is 6. The minimum Gasteiger partial charge on any atom is -0.480 e. The molecule has 222 valence electrons. The number of hydrogen-bond donors (Lipinski definition) is 2. The normalized spacial score (nSPS) is 22.2. The van der Waals surface area contributed by atoms with Gasteiger partial charge in [-0.2, -0.15) is 4.31 Å². The van der Waals surface area contributed by atoms with Crippen molar-refractivity contribution in [1.82, 2.24) is 19.4 Å². The monoisotopic (exact) mass is 616 g/mol. The lowest BCUT2D eigenvalue weighted by Gasteiger charge is -2.36. The summed E-state index contributed by atoms with van der Waals surface area (Å²) in [5.41, 5.74) is 0. The number of nitrogens with one attached hydrogen (secondary N) is 1. The number of carbonyl (C=O) groups excluding carboxylic acids is 2. The fourth-order valence-electron chi connectivity index (χ4n) is 5.93. The van der Waals surface area contributed by atoms with Gasteiger partial charge in [0.2, 0.25) is 21.8 Å². The van der Waals surface area contributed by atoms with Crippen LogP contribution in [0.3, 0.4) is 0 Å². The molecule has 2 N–H and O–H groups in total.